The fraction of sp³-hybridized carbons (Fsp3) is 0.692. The largest absolute Gasteiger partial charge is 0.338 e. The molecule has 0 aromatic carbocycles. The molecule has 0 radical (unpaired) electrons. The van der Waals surface area contributed by atoms with Gasteiger partial charge < -0.3 is 10.6 Å². The number of amides is 1. The fourth-order valence-electron chi connectivity index (χ4n) is 2.66. The number of carbonyl (C=O) groups excluding carboxylic acids is 1. The molecule has 3 N–H and O–H groups in total. The molecule has 1 aromatic heterocycles. The SMILES string of the molecule is Cc1n[nH]c(C)c1C(=O)N1CCC(C)C(CN)C1. The molecule has 1 fully saturated rings. The van der Waals surface area contributed by atoms with Crippen LogP contribution in [0, 0.1) is 25.7 Å². The van der Waals surface area contributed by atoms with E-state index in [2.05, 4.69) is 17.1 Å². The van der Waals surface area contributed by atoms with Crippen LogP contribution in [0.4, 0.5) is 0 Å². The molecule has 0 bridgehead atoms. The number of aryl methyl sites for hydroxylation is 2. The third kappa shape index (κ3) is 2.27. The Balaban J connectivity index is 2.15. The number of aromatic amines is 1. The summed E-state index contributed by atoms with van der Waals surface area (Å²) in [6.45, 7) is 8.20. The summed E-state index contributed by atoms with van der Waals surface area (Å²) < 4.78 is 0. The first kappa shape index (κ1) is 13.1. The molecule has 0 spiro atoms. The summed E-state index contributed by atoms with van der Waals surface area (Å²) in [5, 5.41) is 6.96. The second kappa shape index (κ2) is 5.10. The number of aromatic nitrogens is 2. The third-order valence-electron chi connectivity index (χ3n) is 4.05. The maximum Gasteiger partial charge on any atom is 0.257 e. The van der Waals surface area contributed by atoms with Gasteiger partial charge in [0.1, 0.15) is 0 Å². The second-order valence-corrected chi connectivity index (χ2v) is 5.32. The van der Waals surface area contributed by atoms with E-state index >= 15 is 0 Å². The molecule has 1 saturated heterocycles. The molecule has 2 heterocycles. The molecule has 0 aliphatic carbocycles. The topological polar surface area (TPSA) is 75.0 Å². The molecule has 1 aliphatic heterocycles. The third-order valence-corrected chi connectivity index (χ3v) is 4.05. The summed E-state index contributed by atoms with van der Waals surface area (Å²) in [7, 11) is 0. The van der Waals surface area contributed by atoms with Crippen LogP contribution in [0.1, 0.15) is 35.1 Å². The number of nitrogens with one attached hydrogen (secondary N) is 1. The molecular weight excluding hydrogens is 228 g/mol. The lowest BCUT2D eigenvalue weighted by atomic mass is 9.87. The highest BCUT2D eigenvalue weighted by Crippen LogP contribution is 2.24. The van der Waals surface area contributed by atoms with Crippen molar-refractivity contribution < 1.29 is 4.79 Å². The Morgan fingerprint density at radius 1 is 1.56 bits per heavy atom. The van der Waals surface area contributed by atoms with Crippen molar-refractivity contribution in [2.75, 3.05) is 19.6 Å². The van der Waals surface area contributed by atoms with Crippen molar-refractivity contribution >= 4 is 5.91 Å². The quantitative estimate of drug-likeness (QED) is 0.825. The Morgan fingerprint density at radius 3 is 2.83 bits per heavy atom. The summed E-state index contributed by atoms with van der Waals surface area (Å²) in [6, 6.07) is 0. The molecule has 2 rings (SSSR count). The zero-order chi connectivity index (χ0) is 13.3. The van der Waals surface area contributed by atoms with Gasteiger partial charge in [0, 0.05) is 18.8 Å². The molecule has 2 unspecified atom stereocenters. The highest BCUT2D eigenvalue weighted by molar-refractivity contribution is 5.96. The first-order valence-corrected chi connectivity index (χ1v) is 6.55. The van der Waals surface area contributed by atoms with Crippen molar-refractivity contribution in [3.63, 3.8) is 0 Å². The Bertz CT molecular complexity index is 421. The van der Waals surface area contributed by atoms with E-state index in [1.807, 2.05) is 18.7 Å². The van der Waals surface area contributed by atoms with Crippen molar-refractivity contribution in [3.05, 3.63) is 17.0 Å². The summed E-state index contributed by atoms with van der Waals surface area (Å²) in [5.74, 6) is 1.10. The van der Waals surface area contributed by atoms with Gasteiger partial charge in [0.15, 0.2) is 0 Å². The van der Waals surface area contributed by atoms with E-state index in [4.69, 9.17) is 5.73 Å². The standard InChI is InChI=1S/C13H22N4O/c1-8-4-5-17(7-11(8)6-14)13(18)12-9(2)15-16-10(12)3/h8,11H,4-7,14H2,1-3H3,(H,15,16). The Kier molecular flexibility index (Phi) is 3.71. The van der Waals surface area contributed by atoms with Crippen LogP contribution >= 0.6 is 0 Å². The van der Waals surface area contributed by atoms with Crippen LogP contribution in [0.15, 0.2) is 0 Å². The van der Waals surface area contributed by atoms with Gasteiger partial charge in [-0.1, -0.05) is 6.92 Å². The zero-order valence-corrected chi connectivity index (χ0v) is 11.4. The average molecular weight is 250 g/mol. The van der Waals surface area contributed by atoms with Gasteiger partial charge >= 0.3 is 0 Å². The highest BCUT2D eigenvalue weighted by Gasteiger charge is 2.30. The van der Waals surface area contributed by atoms with Crippen molar-refractivity contribution in [3.8, 4) is 0 Å². The number of H-pyrrole nitrogens is 1. The van der Waals surface area contributed by atoms with E-state index in [0.29, 0.717) is 18.4 Å². The minimum atomic E-state index is 0.0871. The van der Waals surface area contributed by atoms with Crippen molar-refractivity contribution in [1.82, 2.24) is 15.1 Å². The van der Waals surface area contributed by atoms with Crippen LogP contribution in [0.5, 0.6) is 0 Å². The van der Waals surface area contributed by atoms with Crippen LogP contribution in [0.2, 0.25) is 0 Å². The van der Waals surface area contributed by atoms with Crippen LogP contribution in [0.3, 0.4) is 0 Å². The number of rotatable bonds is 2. The second-order valence-electron chi connectivity index (χ2n) is 5.32. The van der Waals surface area contributed by atoms with E-state index < -0.39 is 0 Å². The van der Waals surface area contributed by atoms with Gasteiger partial charge in [0.2, 0.25) is 0 Å². The predicted octanol–water partition coefficient (Wildman–Crippen LogP) is 1.08. The maximum absolute atomic E-state index is 12.5. The zero-order valence-electron chi connectivity index (χ0n) is 11.4. The minimum absolute atomic E-state index is 0.0871. The number of hydrogen-bond acceptors (Lipinski definition) is 3. The first-order chi connectivity index (χ1) is 8.54. The molecule has 0 saturated carbocycles. The lowest BCUT2D eigenvalue weighted by molar-refractivity contribution is 0.0617. The monoisotopic (exact) mass is 250 g/mol. The lowest BCUT2D eigenvalue weighted by Crippen LogP contribution is -2.45. The molecule has 5 heteroatoms. The number of piperidine rings is 1. The summed E-state index contributed by atoms with van der Waals surface area (Å²) in [6.07, 6.45) is 1.03. The van der Waals surface area contributed by atoms with Crippen LogP contribution < -0.4 is 5.73 Å². The normalized spacial score (nSPS) is 24.3. The lowest BCUT2D eigenvalue weighted by Gasteiger charge is -2.36. The number of carbonyl (C=O) groups is 1. The molecule has 5 nitrogen and oxygen atoms in total. The van der Waals surface area contributed by atoms with E-state index in [0.717, 1.165) is 36.5 Å². The van der Waals surface area contributed by atoms with Gasteiger partial charge in [0.05, 0.1) is 11.3 Å². The van der Waals surface area contributed by atoms with Crippen molar-refractivity contribution in [1.29, 1.82) is 0 Å². The van der Waals surface area contributed by atoms with Crippen LogP contribution in [0.25, 0.3) is 0 Å². The summed E-state index contributed by atoms with van der Waals surface area (Å²) in [5.41, 5.74) is 8.13. The molecule has 2 atom stereocenters. The summed E-state index contributed by atoms with van der Waals surface area (Å²) >= 11 is 0. The molecular formula is C13H22N4O. The molecule has 1 aliphatic rings. The van der Waals surface area contributed by atoms with Gasteiger partial charge in [-0.25, -0.2) is 0 Å². The fourth-order valence-corrected chi connectivity index (χ4v) is 2.66. The maximum atomic E-state index is 12.5. The van der Waals surface area contributed by atoms with Crippen LogP contribution in [-0.4, -0.2) is 40.6 Å². The average Bonchev–Trinajstić information content (AvgIpc) is 2.69. The van der Waals surface area contributed by atoms with Gasteiger partial charge in [-0.2, -0.15) is 5.10 Å². The number of nitrogens with two attached hydrogens (primary N) is 1. The Labute approximate surface area is 108 Å². The molecule has 1 aromatic rings. The Morgan fingerprint density at radius 2 is 2.28 bits per heavy atom. The number of nitrogens with zero attached hydrogens (tertiary/aromatic N) is 2. The van der Waals surface area contributed by atoms with Gasteiger partial charge in [-0.15, -0.1) is 0 Å². The van der Waals surface area contributed by atoms with E-state index in [-0.39, 0.29) is 5.91 Å². The Hall–Kier alpha value is -1.36. The van der Waals surface area contributed by atoms with Gasteiger partial charge in [-0.05, 0) is 38.6 Å². The highest BCUT2D eigenvalue weighted by atomic mass is 16.2. The molecule has 100 valence electrons. The van der Waals surface area contributed by atoms with E-state index in [9.17, 15) is 4.79 Å². The van der Waals surface area contributed by atoms with E-state index in [1.54, 1.807) is 0 Å². The minimum Gasteiger partial charge on any atom is -0.338 e. The predicted molar refractivity (Wildman–Crippen MR) is 70.3 cm³/mol. The van der Waals surface area contributed by atoms with Crippen molar-refractivity contribution in [2.24, 2.45) is 17.6 Å². The van der Waals surface area contributed by atoms with Gasteiger partial charge in [0.25, 0.3) is 5.91 Å². The first-order valence-electron chi connectivity index (χ1n) is 6.55. The van der Waals surface area contributed by atoms with E-state index in [1.165, 1.54) is 0 Å². The van der Waals surface area contributed by atoms with Gasteiger partial charge in [-0.3, -0.25) is 9.89 Å². The number of likely N-dealkylation sites (tertiary alicyclic amines) is 1. The van der Waals surface area contributed by atoms with Crippen molar-refractivity contribution in [2.45, 2.75) is 27.2 Å². The molecule has 1 amide bonds. The smallest absolute Gasteiger partial charge is 0.257 e. The van der Waals surface area contributed by atoms with Crippen LogP contribution in [-0.2, 0) is 0 Å². The molecule has 18 heavy (non-hydrogen) atoms. The summed E-state index contributed by atoms with van der Waals surface area (Å²) in [4.78, 5) is 14.4. The number of hydrogen-bond donors (Lipinski definition) is 2.